The topological polar surface area (TPSA) is 21.3 Å². The summed E-state index contributed by atoms with van der Waals surface area (Å²) in [6.07, 6.45) is 1.20. The van der Waals surface area contributed by atoms with Gasteiger partial charge in [0, 0.05) is 22.0 Å². The lowest BCUT2D eigenvalue weighted by Gasteiger charge is -2.11. The molecule has 1 aliphatic rings. The highest BCUT2D eigenvalue weighted by atomic mass is 79.9. The second-order valence-corrected chi connectivity index (χ2v) is 5.13. The molecule has 0 saturated carbocycles. The first-order valence-electron chi connectivity index (χ1n) is 5.03. The molecule has 1 saturated heterocycles. The first-order valence-corrected chi connectivity index (χ1v) is 6.21. The standard InChI is InChI=1S/C11H13BrClNO/c12-9-3-10(13)5-11(4-9)15-7-8-1-2-14-6-8/h3-5,8,14H,1-2,6-7H2. The van der Waals surface area contributed by atoms with Crippen molar-refractivity contribution in [1.29, 1.82) is 0 Å². The average molecular weight is 291 g/mol. The van der Waals surface area contributed by atoms with Crippen LogP contribution in [0.15, 0.2) is 22.7 Å². The van der Waals surface area contributed by atoms with Crippen LogP contribution >= 0.6 is 27.5 Å². The lowest BCUT2D eigenvalue weighted by atomic mass is 10.1. The monoisotopic (exact) mass is 289 g/mol. The Balaban J connectivity index is 1.92. The zero-order chi connectivity index (χ0) is 10.7. The maximum absolute atomic E-state index is 5.92. The fourth-order valence-corrected chi connectivity index (χ4v) is 2.51. The normalized spacial score (nSPS) is 20.5. The number of hydrogen-bond acceptors (Lipinski definition) is 2. The summed E-state index contributed by atoms with van der Waals surface area (Å²) in [5.41, 5.74) is 0. The number of rotatable bonds is 3. The SMILES string of the molecule is Clc1cc(Br)cc(OCC2CCNC2)c1. The van der Waals surface area contributed by atoms with E-state index in [1.807, 2.05) is 18.2 Å². The van der Waals surface area contributed by atoms with E-state index < -0.39 is 0 Å². The smallest absolute Gasteiger partial charge is 0.121 e. The van der Waals surface area contributed by atoms with Gasteiger partial charge in [0.25, 0.3) is 0 Å². The van der Waals surface area contributed by atoms with Crippen molar-refractivity contribution in [3.8, 4) is 5.75 Å². The third kappa shape index (κ3) is 3.37. The van der Waals surface area contributed by atoms with Crippen LogP contribution in [-0.4, -0.2) is 19.7 Å². The quantitative estimate of drug-likeness (QED) is 0.924. The second-order valence-electron chi connectivity index (χ2n) is 3.77. The van der Waals surface area contributed by atoms with Gasteiger partial charge in [-0.15, -0.1) is 0 Å². The number of ether oxygens (including phenoxy) is 1. The minimum atomic E-state index is 0.628. The van der Waals surface area contributed by atoms with Crippen molar-refractivity contribution in [2.75, 3.05) is 19.7 Å². The molecule has 1 unspecified atom stereocenters. The summed E-state index contributed by atoms with van der Waals surface area (Å²) < 4.78 is 6.65. The van der Waals surface area contributed by atoms with Crippen molar-refractivity contribution in [1.82, 2.24) is 5.32 Å². The molecule has 15 heavy (non-hydrogen) atoms. The van der Waals surface area contributed by atoms with Gasteiger partial charge in [-0.2, -0.15) is 0 Å². The molecule has 2 rings (SSSR count). The Kier molecular flexibility index (Phi) is 3.89. The summed E-state index contributed by atoms with van der Waals surface area (Å²) in [7, 11) is 0. The molecule has 0 aliphatic carbocycles. The Hall–Kier alpha value is -0.250. The summed E-state index contributed by atoms with van der Waals surface area (Å²) in [6, 6.07) is 5.63. The van der Waals surface area contributed by atoms with Crippen molar-refractivity contribution < 1.29 is 4.74 Å². The van der Waals surface area contributed by atoms with Crippen molar-refractivity contribution in [3.63, 3.8) is 0 Å². The lowest BCUT2D eigenvalue weighted by Crippen LogP contribution is -2.15. The van der Waals surface area contributed by atoms with Gasteiger partial charge in [0.2, 0.25) is 0 Å². The summed E-state index contributed by atoms with van der Waals surface area (Å²) in [4.78, 5) is 0. The molecule has 0 bridgehead atoms. The maximum Gasteiger partial charge on any atom is 0.121 e. The molecule has 1 aliphatic heterocycles. The molecule has 82 valence electrons. The van der Waals surface area contributed by atoms with Gasteiger partial charge in [0.05, 0.1) is 6.61 Å². The average Bonchev–Trinajstić information content (AvgIpc) is 2.65. The van der Waals surface area contributed by atoms with Gasteiger partial charge in [-0.1, -0.05) is 27.5 Å². The van der Waals surface area contributed by atoms with Crippen LogP contribution in [0.3, 0.4) is 0 Å². The number of nitrogens with one attached hydrogen (secondary N) is 1. The molecule has 1 atom stereocenters. The summed E-state index contributed by atoms with van der Waals surface area (Å²) in [5, 5.41) is 4.01. The molecule has 4 heteroatoms. The molecule has 0 amide bonds. The highest BCUT2D eigenvalue weighted by Crippen LogP contribution is 2.25. The highest BCUT2D eigenvalue weighted by molar-refractivity contribution is 9.10. The zero-order valence-corrected chi connectivity index (χ0v) is 10.6. The van der Waals surface area contributed by atoms with Crippen molar-refractivity contribution in [2.45, 2.75) is 6.42 Å². The van der Waals surface area contributed by atoms with Crippen molar-refractivity contribution in [2.24, 2.45) is 5.92 Å². The summed E-state index contributed by atoms with van der Waals surface area (Å²) in [6.45, 7) is 2.93. The van der Waals surface area contributed by atoms with E-state index in [1.54, 1.807) is 0 Å². The Labute approximate surface area is 103 Å². The van der Waals surface area contributed by atoms with Crippen LogP contribution in [0.5, 0.6) is 5.75 Å². The number of halogens is 2. The van der Waals surface area contributed by atoms with E-state index in [0.717, 1.165) is 29.9 Å². The summed E-state index contributed by atoms with van der Waals surface area (Å²) >= 11 is 9.31. The molecule has 1 aromatic carbocycles. The number of hydrogen-bond donors (Lipinski definition) is 1. The minimum absolute atomic E-state index is 0.628. The van der Waals surface area contributed by atoms with Gasteiger partial charge in [-0.25, -0.2) is 0 Å². The molecular formula is C11H13BrClNO. The molecule has 1 fully saturated rings. The first kappa shape index (κ1) is 11.2. The molecule has 0 spiro atoms. The fraction of sp³-hybridized carbons (Fsp3) is 0.455. The van der Waals surface area contributed by atoms with E-state index in [1.165, 1.54) is 6.42 Å². The van der Waals surface area contributed by atoms with E-state index in [0.29, 0.717) is 10.9 Å². The van der Waals surface area contributed by atoms with Crippen molar-refractivity contribution >= 4 is 27.5 Å². The molecule has 1 aromatic rings. The van der Waals surface area contributed by atoms with Crippen LogP contribution in [0.2, 0.25) is 5.02 Å². The van der Waals surface area contributed by atoms with Gasteiger partial charge in [0.15, 0.2) is 0 Å². The fourth-order valence-electron chi connectivity index (χ4n) is 1.68. The van der Waals surface area contributed by atoms with Gasteiger partial charge >= 0.3 is 0 Å². The predicted molar refractivity (Wildman–Crippen MR) is 65.6 cm³/mol. The Bertz CT molecular complexity index is 319. The first-order chi connectivity index (χ1) is 7.24. The number of benzene rings is 1. The van der Waals surface area contributed by atoms with Gasteiger partial charge < -0.3 is 10.1 Å². The van der Waals surface area contributed by atoms with E-state index >= 15 is 0 Å². The molecule has 0 aromatic heterocycles. The Morgan fingerprint density at radius 3 is 3.00 bits per heavy atom. The van der Waals surface area contributed by atoms with Crippen LogP contribution in [0.4, 0.5) is 0 Å². The Morgan fingerprint density at radius 2 is 2.33 bits per heavy atom. The molecular weight excluding hydrogens is 277 g/mol. The van der Waals surface area contributed by atoms with E-state index in [9.17, 15) is 0 Å². The Morgan fingerprint density at radius 1 is 1.47 bits per heavy atom. The lowest BCUT2D eigenvalue weighted by molar-refractivity contribution is 0.260. The van der Waals surface area contributed by atoms with Crippen LogP contribution in [0.25, 0.3) is 0 Å². The largest absolute Gasteiger partial charge is 0.493 e. The molecule has 1 heterocycles. The molecule has 2 nitrogen and oxygen atoms in total. The minimum Gasteiger partial charge on any atom is -0.493 e. The predicted octanol–water partition coefficient (Wildman–Crippen LogP) is 3.09. The molecule has 0 radical (unpaired) electrons. The van der Waals surface area contributed by atoms with Gasteiger partial charge in [-0.05, 0) is 31.2 Å². The van der Waals surface area contributed by atoms with Crippen LogP contribution in [-0.2, 0) is 0 Å². The van der Waals surface area contributed by atoms with Gasteiger partial charge in [-0.3, -0.25) is 0 Å². The maximum atomic E-state index is 5.92. The zero-order valence-electron chi connectivity index (χ0n) is 8.30. The van der Waals surface area contributed by atoms with Crippen LogP contribution < -0.4 is 10.1 Å². The van der Waals surface area contributed by atoms with Crippen LogP contribution in [0, 0.1) is 5.92 Å². The molecule has 1 N–H and O–H groups in total. The summed E-state index contributed by atoms with van der Waals surface area (Å²) in [5.74, 6) is 1.46. The van der Waals surface area contributed by atoms with E-state index in [2.05, 4.69) is 21.2 Å². The van der Waals surface area contributed by atoms with E-state index in [4.69, 9.17) is 16.3 Å². The highest BCUT2D eigenvalue weighted by Gasteiger charge is 2.14. The van der Waals surface area contributed by atoms with Gasteiger partial charge in [0.1, 0.15) is 5.75 Å². The van der Waals surface area contributed by atoms with Crippen LogP contribution in [0.1, 0.15) is 6.42 Å². The third-order valence-electron chi connectivity index (χ3n) is 2.48. The van der Waals surface area contributed by atoms with E-state index in [-0.39, 0.29) is 0 Å². The van der Waals surface area contributed by atoms with Crippen molar-refractivity contribution in [3.05, 3.63) is 27.7 Å². The second kappa shape index (κ2) is 5.19. The third-order valence-corrected chi connectivity index (χ3v) is 3.16.